The van der Waals surface area contributed by atoms with Gasteiger partial charge in [0, 0.05) is 41.5 Å². The molecule has 1 unspecified atom stereocenters. The number of ether oxygens (including phenoxy) is 2. The zero-order valence-corrected chi connectivity index (χ0v) is 21.0. The molecular formula is C30H29N3O5. The molecule has 3 aromatic carbocycles. The molecule has 2 N–H and O–H groups in total. The fourth-order valence-electron chi connectivity index (χ4n) is 5.48. The summed E-state index contributed by atoms with van der Waals surface area (Å²) in [6.45, 7) is 1.97. The third kappa shape index (κ3) is 4.46. The van der Waals surface area contributed by atoms with Gasteiger partial charge < -0.3 is 19.4 Å². The zero-order valence-electron chi connectivity index (χ0n) is 21.0. The van der Waals surface area contributed by atoms with Crippen molar-refractivity contribution in [2.75, 3.05) is 13.2 Å². The number of imide groups is 1. The normalized spacial score (nSPS) is 17.1. The lowest BCUT2D eigenvalue weighted by Gasteiger charge is -2.23. The molecule has 8 heteroatoms. The fourth-order valence-corrected chi connectivity index (χ4v) is 5.48. The van der Waals surface area contributed by atoms with Crippen molar-refractivity contribution in [2.24, 2.45) is 0 Å². The van der Waals surface area contributed by atoms with Gasteiger partial charge in [0.05, 0.1) is 23.3 Å². The minimum Gasteiger partial charge on any atom is -0.353 e. The Hall–Kier alpha value is -4.01. The van der Waals surface area contributed by atoms with Crippen LogP contribution in [0.3, 0.4) is 0 Å². The van der Waals surface area contributed by atoms with Crippen LogP contribution in [0.25, 0.3) is 21.8 Å². The summed E-state index contributed by atoms with van der Waals surface area (Å²) in [5, 5.41) is 7.16. The van der Waals surface area contributed by atoms with Crippen molar-refractivity contribution in [3.05, 3.63) is 82.9 Å². The van der Waals surface area contributed by atoms with Gasteiger partial charge in [-0.2, -0.15) is 0 Å². The highest BCUT2D eigenvalue weighted by molar-refractivity contribution is 6.30. The lowest BCUT2D eigenvalue weighted by Crippen LogP contribution is -2.25. The summed E-state index contributed by atoms with van der Waals surface area (Å²) in [6, 6.07) is 19.0. The standard InChI is InChI=1S/C30H29N3O5/c34-28(19-9-2-1-3-10-19)31-14-8-15-33-22-12-5-4-11-21(22)26-23(33)17-20(18-38-24-13-6-7-16-37-24)25-27(26)30(36)32-29(25)35/h1-5,9-12,17,24H,6-8,13-16,18H2,(H,31,34)(H,32,35,36). The number of hydrogen-bond acceptors (Lipinski definition) is 5. The Morgan fingerprint density at radius 3 is 2.61 bits per heavy atom. The summed E-state index contributed by atoms with van der Waals surface area (Å²) in [5.74, 6) is -0.885. The molecule has 194 valence electrons. The summed E-state index contributed by atoms with van der Waals surface area (Å²) < 4.78 is 13.9. The number of benzene rings is 3. The molecule has 38 heavy (non-hydrogen) atoms. The van der Waals surface area contributed by atoms with Crippen LogP contribution < -0.4 is 10.6 Å². The van der Waals surface area contributed by atoms with E-state index in [1.54, 1.807) is 12.1 Å². The Labute approximate surface area is 219 Å². The number of nitrogens with zero attached hydrogens (tertiary/aromatic N) is 1. The SMILES string of the molecule is O=C(NCCCn1c2ccccc2c2c3c(c(COC4CCCCO4)cc21)C(=O)NC3=O)c1ccccc1. The van der Waals surface area contributed by atoms with E-state index >= 15 is 0 Å². The summed E-state index contributed by atoms with van der Waals surface area (Å²) in [6.07, 6.45) is 3.25. The van der Waals surface area contributed by atoms with Crippen molar-refractivity contribution in [3.63, 3.8) is 0 Å². The number of amides is 3. The van der Waals surface area contributed by atoms with E-state index in [1.807, 2.05) is 48.5 Å². The predicted molar refractivity (Wildman–Crippen MR) is 143 cm³/mol. The van der Waals surface area contributed by atoms with Gasteiger partial charge in [0.1, 0.15) is 0 Å². The highest BCUT2D eigenvalue weighted by atomic mass is 16.7. The van der Waals surface area contributed by atoms with E-state index in [9.17, 15) is 14.4 Å². The van der Waals surface area contributed by atoms with Crippen molar-refractivity contribution >= 4 is 39.5 Å². The van der Waals surface area contributed by atoms with Gasteiger partial charge in [-0.15, -0.1) is 0 Å². The number of hydrogen-bond donors (Lipinski definition) is 2. The van der Waals surface area contributed by atoms with Crippen LogP contribution in [0.4, 0.5) is 0 Å². The number of carbonyl (C=O) groups is 3. The van der Waals surface area contributed by atoms with Gasteiger partial charge in [-0.3, -0.25) is 19.7 Å². The van der Waals surface area contributed by atoms with Crippen LogP contribution in [0, 0.1) is 0 Å². The quantitative estimate of drug-likeness (QED) is 0.267. The van der Waals surface area contributed by atoms with Crippen molar-refractivity contribution in [1.82, 2.24) is 15.2 Å². The van der Waals surface area contributed by atoms with E-state index in [1.165, 1.54) is 0 Å². The third-order valence-electron chi connectivity index (χ3n) is 7.27. The van der Waals surface area contributed by atoms with Gasteiger partial charge in [0.2, 0.25) is 0 Å². The first kappa shape index (κ1) is 24.3. The van der Waals surface area contributed by atoms with E-state index in [-0.39, 0.29) is 24.7 Å². The smallest absolute Gasteiger partial charge is 0.259 e. The van der Waals surface area contributed by atoms with Crippen LogP contribution in [0.2, 0.25) is 0 Å². The molecule has 1 atom stereocenters. The van der Waals surface area contributed by atoms with Crippen molar-refractivity contribution < 1.29 is 23.9 Å². The Morgan fingerprint density at radius 2 is 1.79 bits per heavy atom. The molecule has 1 fully saturated rings. The van der Waals surface area contributed by atoms with Gasteiger partial charge in [-0.1, -0.05) is 36.4 Å². The van der Waals surface area contributed by atoms with E-state index in [2.05, 4.69) is 15.2 Å². The molecule has 8 nitrogen and oxygen atoms in total. The maximum atomic E-state index is 13.0. The highest BCUT2D eigenvalue weighted by Gasteiger charge is 2.34. The number of carbonyl (C=O) groups excluding carboxylic acids is 3. The van der Waals surface area contributed by atoms with E-state index in [0.29, 0.717) is 48.4 Å². The number of nitrogens with one attached hydrogen (secondary N) is 2. The average Bonchev–Trinajstić information content (AvgIpc) is 3.43. The van der Waals surface area contributed by atoms with Crippen LogP contribution in [0.5, 0.6) is 0 Å². The summed E-state index contributed by atoms with van der Waals surface area (Å²) in [5.41, 5.74) is 3.93. The molecule has 0 bridgehead atoms. The van der Waals surface area contributed by atoms with Gasteiger partial charge in [-0.05, 0) is 55.5 Å². The third-order valence-corrected chi connectivity index (χ3v) is 7.27. The molecule has 2 aliphatic heterocycles. The maximum Gasteiger partial charge on any atom is 0.259 e. The lowest BCUT2D eigenvalue weighted by molar-refractivity contribution is -0.168. The first-order valence-corrected chi connectivity index (χ1v) is 13.1. The summed E-state index contributed by atoms with van der Waals surface area (Å²) in [4.78, 5) is 38.3. The Balaban J connectivity index is 1.33. The first-order valence-electron chi connectivity index (χ1n) is 13.1. The number of para-hydroxylation sites is 1. The molecule has 0 spiro atoms. The molecule has 0 saturated carbocycles. The minimum atomic E-state index is -0.393. The van der Waals surface area contributed by atoms with E-state index in [0.717, 1.165) is 41.1 Å². The van der Waals surface area contributed by atoms with Crippen LogP contribution in [0.1, 0.15) is 62.3 Å². The minimum absolute atomic E-state index is 0.106. The topological polar surface area (TPSA) is 98.7 Å². The number of rotatable bonds is 8. The lowest BCUT2D eigenvalue weighted by atomic mass is 9.97. The average molecular weight is 512 g/mol. The molecule has 4 aromatic rings. The summed E-state index contributed by atoms with van der Waals surface area (Å²) in [7, 11) is 0. The Bertz CT molecular complexity index is 1540. The Kier molecular flexibility index (Phi) is 6.66. The molecule has 3 amide bonds. The van der Waals surface area contributed by atoms with Crippen molar-refractivity contribution in [1.29, 1.82) is 0 Å². The molecule has 2 aliphatic rings. The van der Waals surface area contributed by atoms with Crippen molar-refractivity contribution in [2.45, 2.75) is 45.1 Å². The molecule has 1 saturated heterocycles. The zero-order chi connectivity index (χ0) is 26.1. The van der Waals surface area contributed by atoms with Gasteiger partial charge in [-0.25, -0.2) is 0 Å². The number of fused-ring (bicyclic) bond motifs is 5. The van der Waals surface area contributed by atoms with Gasteiger partial charge >= 0.3 is 0 Å². The maximum absolute atomic E-state index is 13.0. The van der Waals surface area contributed by atoms with Crippen LogP contribution in [0.15, 0.2) is 60.7 Å². The van der Waals surface area contributed by atoms with Crippen molar-refractivity contribution in [3.8, 4) is 0 Å². The van der Waals surface area contributed by atoms with E-state index < -0.39 is 5.91 Å². The van der Waals surface area contributed by atoms with Crippen LogP contribution in [-0.4, -0.2) is 41.7 Å². The highest BCUT2D eigenvalue weighted by Crippen LogP contribution is 2.37. The van der Waals surface area contributed by atoms with E-state index in [4.69, 9.17) is 9.47 Å². The second-order valence-corrected chi connectivity index (χ2v) is 9.71. The molecule has 6 rings (SSSR count). The second kappa shape index (κ2) is 10.4. The molecule has 0 radical (unpaired) electrons. The first-order chi connectivity index (χ1) is 18.6. The molecule has 1 aromatic heterocycles. The number of aromatic nitrogens is 1. The van der Waals surface area contributed by atoms with Gasteiger partial charge in [0.15, 0.2) is 6.29 Å². The molecule has 3 heterocycles. The Morgan fingerprint density at radius 1 is 1.00 bits per heavy atom. The summed E-state index contributed by atoms with van der Waals surface area (Å²) >= 11 is 0. The predicted octanol–water partition coefficient (Wildman–Crippen LogP) is 4.54. The fraction of sp³-hybridized carbons (Fsp3) is 0.300. The largest absolute Gasteiger partial charge is 0.353 e. The van der Waals surface area contributed by atoms with Crippen LogP contribution in [-0.2, 0) is 22.6 Å². The van der Waals surface area contributed by atoms with Gasteiger partial charge in [0.25, 0.3) is 17.7 Å². The second-order valence-electron chi connectivity index (χ2n) is 9.71. The monoisotopic (exact) mass is 511 g/mol. The molecule has 0 aliphatic carbocycles. The molecular weight excluding hydrogens is 482 g/mol. The number of aryl methyl sites for hydroxylation is 1. The van der Waals surface area contributed by atoms with Crippen LogP contribution >= 0.6 is 0 Å².